The molecule has 0 fully saturated rings. The SMILES string of the molecule is C=CC(=O)OCCCCCCCC(CCCCC)C(C)Oc1ccccc1[SiH3]. The van der Waals surface area contributed by atoms with Crippen molar-refractivity contribution in [1.82, 2.24) is 0 Å². The van der Waals surface area contributed by atoms with Crippen molar-refractivity contribution in [3.63, 3.8) is 0 Å². The van der Waals surface area contributed by atoms with Gasteiger partial charge in [-0.05, 0) is 43.4 Å². The number of rotatable bonds is 16. The summed E-state index contributed by atoms with van der Waals surface area (Å²) in [6, 6.07) is 8.45. The lowest BCUT2D eigenvalue weighted by atomic mass is 9.90. The van der Waals surface area contributed by atoms with Crippen LogP contribution in [0.5, 0.6) is 5.75 Å². The third kappa shape index (κ3) is 10.7. The van der Waals surface area contributed by atoms with Crippen LogP contribution in [0.25, 0.3) is 0 Å². The second-order valence-electron chi connectivity index (χ2n) is 7.77. The lowest BCUT2D eigenvalue weighted by molar-refractivity contribution is -0.137. The number of hydrogen-bond donors (Lipinski definition) is 0. The molecule has 2 atom stereocenters. The molecule has 0 radical (unpaired) electrons. The van der Waals surface area contributed by atoms with E-state index in [-0.39, 0.29) is 12.1 Å². The highest BCUT2D eigenvalue weighted by atomic mass is 28.1. The van der Waals surface area contributed by atoms with Crippen molar-refractivity contribution < 1.29 is 14.3 Å². The molecule has 1 rings (SSSR count). The Morgan fingerprint density at radius 1 is 1.07 bits per heavy atom. The van der Waals surface area contributed by atoms with Gasteiger partial charge in [-0.25, -0.2) is 4.79 Å². The lowest BCUT2D eigenvalue weighted by Crippen LogP contribution is -2.26. The van der Waals surface area contributed by atoms with Crippen LogP contribution in [0.2, 0.25) is 0 Å². The van der Waals surface area contributed by atoms with Gasteiger partial charge in [0.25, 0.3) is 0 Å². The van der Waals surface area contributed by atoms with Gasteiger partial charge >= 0.3 is 5.97 Å². The summed E-state index contributed by atoms with van der Waals surface area (Å²) in [6.45, 7) is 8.43. The highest BCUT2D eigenvalue weighted by Gasteiger charge is 2.19. The topological polar surface area (TPSA) is 35.5 Å². The molecule has 0 aromatic heterocycles. The summed E-state index contributed by atoms with van der Waals surface area (Å²) in [5.74, 6) is 1.39. The summed E-state index contributed by atoms with van der Waals surface area (Å²) in [5, 5.41) is 1.35. The monoisotopic (exact) mass is 404 g/mol. The number of esters is 1. The fourth-order valence-corrected chi connectivity index (χ4v) is 4.00. The van der Waals surface area contributed by atoms with Crippen molar-refractivity contribution in [3.05, 3.63) is 36.9 Å². The van der Waals surface area contributed by atoms with E-state index in [0.717, 1.165) is 28.8 Å². The van der Waals surface area contributed by atoms with Crippen molar-refractivity contribution in [2.75, 3.05) is 6.61 Å². The zero-order valence-corrected chi connectivity index (χ0v) is 20.3. The fourth-order valence-electron chi connectivity index (χ4n) is 3.53. The predicted molar refractivity (Wildman–Crippen MR) is 123 cm³/mol. The Kier molecular flexibility index (Phi) is 13.4. The number of hydrogen-bond acceptors (Lipinski definition) is 3. The second-order valence-corrected chi connectivity index (χ2v) is 8.85. The molecule has 0 bridgehead atoms. The van der Waals surface area contributed by atoms with Crippen molar-refractivity contribution in [3.8, 4) is 5.75 Å². The van der Waals surface area contributed by atoms with E-state index in [9.17, 15) is 4.79 Å². The molecule has 0 heterocycles. The highest BCUT2D eigenvalue weighted by molar-refractivity contribution is 6.34. The Labute approximate surface area is 175 Å². The van der Waals surface area contributed by atoms with E-state index < -0.39 is 0 Å². The number of carbonyl (C=O) groups is 1. The summed E-state index contributed by atoms with van der Waals surface area (Å²) in [5.41, 5.74) is 0. The molecule has 0 aliphatic heterocycles. The molecule has 158 valence electrons. The summed E-state index contributed by atoms with van der Waals surface area (Å²) in [4.78, 5) is 11.0. The molecule has 1 aromatic carbocycles. The molecule has 0 N–H and O–H groups in total. The lowest BCUT2D eigenvalue weighted by Gasteiger charge is -2.26. The smallest absolute Gasteiger partial charge is 0.330 e. The molecule has 0 aliphatic carbocycles. The Morgan fingerprint density at radius 2 is 1.71 bits per heavy atom. The molecule has 0 spiro atoms. The Hall–Kier alpha value is -1.55. The summed E-state index contributed by atoms with van der Waals surface area (Å²) in [7, 11) is 1.02. The quantitative estimate of drug-likeness (QED) is 0.173. The van der Waals surface area contributed by atoms with E-state index in [4.69, 9.17) is 9.47 Å². The van der Waals surface area contributed by atoms with Crippen LogP contribution in [-0.4, -0.2) is 28.9 Å². The second kappa shape index (κ2) is 15.4. The van der Waals surface area contributed by atoms with Crippen LogP contribution in [0.1, 0.15) is 78.1 Å². The van der Waals surface area contributed by atoms with E-state index in [0.29, 0.717) is 12.5 Å². The molecule has 0 saturated heterocycles. The molecule has 3 nitrogen and oxygen atoms in total. The Morgan fingerprint density at radius 3 is 2.39 bits per heavy atom. The van der Waals surface area contributed by atoms with Crippen molar-refractivity contribution in [2.24, 2.45) is 5.92 Å². The first-order chi connectivity index (χ1) is 13.6. The Bertz CT molecular complexity index is 559. The van der Waals surface area contributed by atoms with Gasteiger partial charge in [0.2, 0.25) is 0 Å². The normalized spacial score (nSPS) is 13.1. The van der Waals surface area contributed by atoms with Gasteiger partial charge in [-0.3, -0.25) is 0 Å². The van der Waals surface area contributed by atoms with Gasteiger partial charge in [0.05, 0.1) is 12.7 Å². The number of ether oxygens (including phenoxy) is 2. The van der Waals surface area contributed by atoms with Crippen molar-refractivity contribution in [2.45, 2.75) is 84.2 Å². The van der Waals surface area contributed by atoms with E-state index in [2.05, 4.69) is 44.7 Å². The summed E-state index contributed by atoms with van der Waals surface area (Å²) in [6.07, 6.45) is 13.6. The van der Waals surface area contributed by atoms with Crippen LogP contribution in [0.15, 0.2) is 36.9 Å². The molecule has 4 heteroatoms. The maximum absolute atomic E-state index is 11.0. The molecule has 0 aliphatic rings. The van der Waals surface area contributed by atoms with Gasteiger partial charge in [-0.15, -0.1) is 0 Å². The molecule has 0 amide bonds. The zero-order chi connectivity index (χ0) is 20.6. The summed E-state index contributed by atoms with van der Waals surface area (Å²) < 4.78 is 11.4. The van der Waals surface area contributed by atoms with Crippen LogP contribution < -0.4 is 9.92 Å². The first-order valence-electron chi connectivity index (χ1n) is 11.1. The molecule has 28 heavy (non-hydrogen) atoms. The molecule has 1 aromatic rings. The largest absolute Gasteiger partial charge is 0.491 e. The maximum atomic E-state index is 11.0. The molecule has 0 saturated carbocycles. The summed E-state index contributed by atoms with van der Waals surface area (Å²) >= 11 is 0. The van der Waals surface area contributed by atoms with Gasteiger partial charge < -0.3 is 9.47 Å². The Balaban J connectivity index is 2.33. The highest BCUT2D eigenvalue weighted by Crippen LogP contribution is 2.24. The number of para-hydroxylation sites is 1. The first-order valence-corrected chi connectivity index (χ1v) is 12.1. The van der Waals surface area contributed by atoms with E-state index in [1.54, 1.807) is 0 Å². The predicted octanol–water partition coefficient (Wildman–Crippen LogP) is 4.71. The molecular formula is C24H40O3Si. The van der Waals surface area contributed by atoms with Crippen LogP contribution >= 0.6 is 0 Å². The minimum absolute atomic E-state index is 0.269. The van der Waals surface area contributed by atoms with Crippen LogP contribution in [0.4, 0.5) is 0 Å². The standard InChI is InChI=1S/C24H40O3Si/c1-4-6-10-15-21(20(3)27-22-17-12-13-18-23(22)28)16-11-8-7-9-14-19-26-24(25)5-2/h5,12-13,17-18,20-21H,2,4,6-11,14-16,19H2,1,3,28H3. The first kappa shape index (κ1) is 24.5. The van der Waals surface area contributed by atoms with Crippen LogP contribution in [0.3, 0.4) is 0 Å². The maximum Gasteiger partial charge on any atom is 0.330 e. The van der Waals surface area contributed by atoms with Gasteiger partial charge in [0.1, 0.15) is 5.75 Å². The average molecular weight is 405 g/mol. The van der Waals surface area contributed by atoms with E-state index >= 15 is 0 Å². The van der Waals surface area contributed by atoms with Gasteiger partial charge in [0, 0.05) is 16.3 Å². The van der Waals surface area contributed by atoms with E-state index in [1.165, 1.54) is 62.6 Å². The fraction of sp³-hybridized carbons (Fsp3) is 0.625. The average Bonchev–Trinajstić information content (AvgIpc) is 2.70. The van der Waals surface area contributed by atoms with Gasteiger partial charge in [0.15, 0.2) is 0 Å². The number of unbranched alkanes of at least 4 members (excludes halogenated alkanes) is 6. The number of carbonyl (C=O) groups excluding carboxylic acids is 1. The third-order valence-electron chi connectivity index (χ3n) is 5.38. The van der Waals surface area contributed by atoms with Gasteiger partial charge in [-0.2, -0.15) is 0 Å². The minimum Gasteiger partial charge on any atom is -0.491 e. The van der Waals surface area contributed by atoms with Crippen molar-refractivity contribution >= 4 is 21.4 Å². The molecule has 2 unspecified atom stereocenters. The van der Waals surface area contributed by atoms with Crippen molar-refractivity contribution in [1.29, 1.82) is 0 Å². The third-order valence-corrected chi connectivity index (χ3v) is 6.21. The van der Waals surface area contributed by atoms with Gasteiger partial charge in [-0.1, -0.05) is 76.6 Å². The molecular weight excluding hydrogens is 364 g/mol. The minimum atomic E-state index is -0.319. The van der Waals surface area contributed by atoms with Crippen LogP contribution in [-0.2, 0) is 9.53 Å². The number of benzene rings is 1. The zero-order valence-electron chi connectivity index (χ0n) is 18.3. The van der Waals surface area contributed by atoms with Crippen LogP contribution in [0, 0.1) is 5.92 Å². The van der Waals surface area contributed by atoms with E-state index in [1.807, 2.05) is 0 Å².